The Morgan fingerprint density at radius 2 is 2.14 bits per heavy atom. The number of phenols is 1. The first-order valence-corrected chi connectivity index (χ1v) is 7.97. The van der Waals surface area contributed by atoms with Crippen LogP contribution in [0.25, 0.3) is 11.4 Å². The first kappa shape index (κ1) is 14.4. The predicted octanol–water partition coefficient (Wildman–Crippen LogP) is 3.31. The first-order valence-electron chi connectivity index (χ1n) is 6.89. The van der Waals surface area contributed by atoms with Crippen LogP contribution in [0.3, 0.4) is 0 Å². The van der Waals surface area contributed by atoms with Gasteiger partial charge in [0, 0.05) is 11.5 Å². The molecule has 1 aliphatic rings. The van der Waals surface area contributed by atoms with E-state index < -0.39 is 0 Å². The summed E-state index contributed by atoms with van der Waals surface area (Å²) in [6.45, 7) is 2.36. The van der Waals surface area contributed by atoms with Gasteiger partial charge >= 0.3 is 0 Å². The Hall–Kier alpha value is -1.57. The number of hydrogen-bond acceptors (Lipinski definition) is 5. The molecule has 0 radical (unpaired) electrons. The molecule has 5 nitrogen and oxygen atoms in total. The number of hydrogen-bond donors (Lipinski definition) is 2. The molecule has 1 fully saturated rings. The number of nitrogens with two attached hydrogens (primary N) is 1. The highest BCUT2D eigenvalue weighted by Gasteiger charge is 2.29. The van der Waals surface area contributed by atoms with Gasteiger partial charge in [-0.25, -0.2) is 9.97 Å². The molecule has 0 saturated heterocycles. The van der Waals surface area contributed by atoms with E-state index in [9.17, 15) is 5.11 Å². The minimum Gasteiger partial charge on any atom is -0.504 e. The number of phenolic OH excluding ortho intramolecular Hbond substituents is 1. The van der Waals surface area contributed by atoms with Crippen molar-refractivity contribution < 1.29 is 9.84 Å². The van der Waals surface area contributed by atoms with Crippen LogP contribution in [0.4, 0.5) is 5.82 Å². The molecule has 0 unspecified atom stereocenters. The van der Waals surface area contributed by atoms with E-state index >= 15 is 0 Å². The molecule has 1 aliphatic carbocycles. The number of anilines is 1. The molecule has 1 saturated carbocycles. The third-order valence-electron chi connectivity index (χ3n) is 3.38. The molecule has 2 aromatic rings. The Morgan fingerprint density at radius 1 is 1.38 bits per heavy atom. The molecule has 1 aromatic carbocycles. The Labute approximate surface area is 136 Å². The van der Waals surface area contributed by atoms with Gasteiger partial charge in [-0.05, 0) is 60.6 Å². The fourth-order valence-corrected chi connectivity index (χ4v) is 2.84. The van der Waals surface area contributed by atoms with E-state index in [0.29, 0.717) is 29.9 Å². The molecule has 1 heterocycles. The lowest BCUT2D eigenvalue weighted by atomic mass is 10.1. The van der Waals surface area contributed by atoms with Crippen molar-refractivity contribution >= 4 is 28.4 Å². The number of ether oxygens (including phenoxy) is 1. The van der Waals surface area contributed by atoms with Gasteiger partial charge in [-0.2, -0.15) is 0 Å². The first-order chi connectivity index (χ1) is 10.1. The Bertz CT molecular complexity index is 687. The summed E-state index contributed by atoms with van der Waals surface area (Å²) in [5.41, 5.74) is 7.84. The highest BCUT2D eigenvalue weighted by molar-refractivity contribution is 14.1. The summed E-state index contributed by atoms with van der Waals surface area (Å²) >= 11 is 2.21. The van der Waals surface area contributed by atoms with Gasteiger partial charge in [0.1, 0.15) is 5.82 Å². The fourth-order valence-electron chi connectivity index (χ4n) is 2.16. The molecule has 6 heteroatoms. The van der Waals surface area contributed by atoms with Gasteiger partial charge in [0.15, 0.2) is 17.3 Å². The molecule has 110 valence electrons. The van der Waals surface area contributed by atoms with Crippen LogP contribution in [0.5, 0.6) is 11.5 Å². The molecule has 0 amide bonds. The zero-order chi connectivity index (χ0) is 15.0. The molecule has 21 heavy (non-hydrogen) atoms. The second-order valence-electron chi connectivity index (χ2n) is 5.02. The second-order valence-corrected chi connectivity index (χ2v) is 6.10. The number of aromatic nitrogens is 2. The molecule has 0 aliphatic heterocycles. The molecule has 1 aromatic heterocycles. The second kappa shape index (κ2) is 5.67. The lowest BCUT2D eigenvalue weighted by molar-refractivity contribution is 0.318. The van der Waals surface area contributed by atoms with Crippen LogP contribution in [0, 0.1) is 3.57 Å². The van der Waals surface area contributed by atoms with Gasteiger partial charge in [0.05, 0.1) is 15.9 Å². The third kappa shape index (κ3) is 2.90. The number of rotatable bonds is 4. The van der Waals surface area contributed by atoms with Gasteiger partial charge in [-0.3, -0.25) is 0 Å². The fraction of sp³-hybridized carbons (Fsp3) is 0.333. The average Bonchev–Trinajstić information content (AvgIpc) is 3.29. The van der Waals surface area contributed by atoms with E-state index in [2.05, 4.69) is 32.6 Å². The van der Waals surface area contributed by atoms with E-state index in [-0.39, 0.29) is 5.75 Å². The van der Waals surface area contributed by atoms with Gasteiger partial charge in [0.2, 0.25) is 0 Å². The van der Waals surface area contributed by atoms with Crippen LogP contribution in [0.1, 0.15) is 31.4 Å². The summed E-state index contributed by atoms with van der Waals surface area (Å²) < 4.78 is 6.35. The van der Waals surface area contributed by atoms with Crippen LogP contribution in [-0.4, -0.2) is 21.7 Å². The highest BCUT2D eigenvalue weighted by Crippen LogP contribution is 2.42. The molecule has 3 rings (SSSR count). The van der Waals surface area contributed by atoms with Crippen molar-refractivity contribution in [3.05, 3.63) is 27.5 Å². The molecule has 0 bridgehead atoms. The van der Waals surface area contributed by atoms with Gasteiger partial charge in [0.25, 0.3) is 0 Å². The Kier molecular flexibility index (Phi) is 3.88. The lowest BCUT2D eigenvalue weighted by Crippen LogP contribution is -2.04. The van der Waals surface area contributed by atoms with Crippen LogP contribution >= 0.6 is 22.6 Å². The number of halogens is 1. The zero-order valence-electron chi connectivity index (χ0n) is 11.6. The van der Waals surface area contributed by atoms with Crippen molar-refractivity contribution in [2.24, 2.45) is 0 Å². The van der Waals surface area contributed by atoms with Crippen LogP contribution in [-0.2, 0) is 0 Å². The van der Waals surface area contributed by atoms with Crippen molar-refractivity contribution in [3.8, 4) is 22.9 Å². The Balaban J connectivity index is 2.05. The van der Waals surface area contributed by atoms with Gasteiger partial charge in [-0.15, -0.1) is 0 Å². The third-order valence-corrected chi connectivity index (χ3v) is 4.49. The molecular formula is C15H16IN3O2. The maximum absolute atomic E-state index is 9.77. The van der Waals surface area contributed by atoms with Crippen molar-refractivity contribution in [1.82, 2.24) is 9.97 Å². The van der Waals surface area contributed by atoms with Crippen LogP contribution in [0.2, 0.25) is 0 Å². The van der Waals surface area contributed by atoms with E-state index in [4.69, 9.17) is 10.5 Å². The van der Waals surface area contributed by atoms with Crippen molar-refractivity contribution in [1.29, 1.82) is 0 Å². The number of nitrogens with zero attached hydrogens (tertiary/aromatic N) is 2. The van der Waals surface area contributed by atoms with Gasteiger partial charge < -0.3 is 15.6 Å². The van der Waals surface area contributed by atoms with Crippen LogP contribution in [0.15, 0.2) is 18.2 Å². The zero-order valence-corrected chi connectivity index (χ0v) is 13.8. The summed E-state index contributed by atoms with van der Waals surface area (Å²) in [6, 6.07) is 5.11. The number of benzene rings is 1. The minimum absolute atomic E-state index is 0.113. The summed E-state index contributed by atoms with van der Waals surface area (Å²) in [6.07, 6.45) is 2.32. The smallest absolute Gasteiger partial charge is 0.161 e. The summed E-state index contributed by atoms with van der Waals surface area (Å²) in [5.74, 6) is 2.14. The maximum Gasteiger partial charge on any atom is 0.161 e. The summed E-state index contributed by atoms with van der Waals surface area (Å²) in [7, 11) is 0. The Morgan fingerprint density at radius 3 is 2.81 bits per heavy atom. The van der Waals surface area contributed by atoms with E-state index in [1.54, 1.807) is 18.2 Å². The standard InChI is InChI=1S/C15H16IN3O2/c1-2-21-11-7-9(5-6-10(11)20)15-18-13(8-3-4-8)12(16)14(17)19-15/h5-8,20H,2-4H2,1H3,(H2,17,18,19). The van der Waals surface area contributed by atoms with E-state index in [1.165, 1.54) is 0 Å². The van der Waals surface area contributed by atoms with E-state index in [0.717, 1.165) is 27.7 Å². The number of nitrogen functional groups attached to an aromatic ring is 1. The predicted molar refractivity (Wildman–Crippen MR) is 89.4 cm³/mol. The highest BCUT2D eigenvalue weighted by atomic mass is 127. The topological polar surface area (TPSA) is 81.3 Å². The largest absolute Gasteiger partial charge is 0.504 e. The molecule has 3 N–H and O–H groups in total. The number of aromatic hydroxyl groups is 1. The lowest BCUT2D eigenvalue weighted by Gasteiger charge is -2.10. The minimum atomic E-state index is 0.113. The summed E-state index contributed by atoms with van der Waals surface area (Å²) in [4.78, 5) is 9.03. The quantitative estimate of drug-likeness (QED) is 0.774. The normalized spacial score (nSPS) is 14.2. The average molecular weight is 397 g/mol. The monoisotopic (exact) mass is 397 g/mol. The molecular weight excluding hydrogens is 381 g/mol. The van der Waals surface area contributed by atoms with Crippen LogP contribution < -0.4 is 10.5 Å². The molecule has 0 atom stereocenters. The summed E-state index contributed by atoms with van der Waals surface area (Å²) in [5, 5.41) is 9.77. The van der Waals surface area contributed by atoms with Crippen molar-refractivity contribution in [3.63, 3.8) is 0 Å². The molecule has 0 spiro atoms. The maximum atomic E-state index is 9.77. The van der Waals surface area contributed by atoms with Gasteiger partial charge in [-0.1, -0.05) is 0 Å². The van der Waals surface area contributed by atoms with Crippen molar-refractivity contribution in [2.75, 3.05) is 12.3 Å². The van der Waals surface area contributed by atoms with Crippen molar-refractivity contribution in [2.45, 2.75) is 25.7 Å². The van der Waals surface area contributed by atoms with E-state index in [1.807, 2.05) is 6.92 Å². The SMILES string of the molecule is CCOc1cc(-c2nc(N)c(I)c(C3CC3)n2)ccc1O.